The Hall–Kier alpha value is -2.06. The van der Waals surface area contributed by atoms with Crippen molar-refractivity contribution in [1.82, 2.24) is 5.32 Å². The van der Waals surface area contributed by atoms with E-state index in [0.717, 1.165) is 39.2 Å². The van der Waals surface area contributed by atoms with Crippen LogP contribution in [-0.2, 0) is 21.2 Å². The Balaban J connectivity index is 1.90. The minimum Gasteiger partial charge on any atom is -0.494 e. The average molecular weight is 469 g/mol. The first-order valence-corrected chi connectivity index (χ1v) is 11.7. The fourth-order valence-electron chi connectivity index (χ4n) is 2.73. The summed E-state index contributed by atoms with van der Waals surface area (Å²) < 4.78 is 31.7. The lowest BCUT2D eigenvalue weighted by Gasteiger charge is -2.22. The number of amides is 1. The normalized spacial score (nSPS) is 11.1. The summed E-state index contributed by atoms with van der Waals surface area (Å²) in [6.07, 6.45) is 2.58. The van der Waals surface area contributed by atoms with Crippen LogP contribution in [0, 0.1) is 0 Å². The Morgan fingerprint density at radius 2 is 1.93 bits per heavy atom. The number of hydrogen-bond donors (Lipinski definition) is 1. The highest BCUT2D eigenvalue weighted by molar-refractivity contribution is 9.10. The third kappa shape index (κ3) is 6.83. The second-order valence-corrected chi connectivity index (χ2v) is 9.07. The van der Waals surface area contributed by atoms with Crippen LogP contribution in [0.2, 0.25) is 0 Å². The predicted octanol–water partition coefficient (Wildman–Crippen LogP) is 3.36. The zero-order valence-corrected chi connectivity index (χ0v) is 18.4. The van der Waals surface area contributed by atoms with E-state index in [1.807, 2.05) is 31.2 Å². The maximum atomic E-state index is 12.3. The van der Waals surface area contributed by atoms with E-state index in [9.17, 15) is 13.2 Å². The van der Waals surface area contributed by atoms with Crippen LogP contribution in [0.1, 0.15) is 18.9 Å². The van der Waals surface area contributed by atoms with Gasteiger partial charge in [-0.15, -0.1) is 0 Å². The van der Waals surface area contributed by atoms with Crippen LogP contribution < -0.4 is 14.4 Å². The molecule has 152 valence electrons. The molecular formula is C20H25BrN2O4S. The van der Waals surface area contributed by atoms with Crippen molar-refractivity contribution in [1.29, 1.82) is 0 Å². The van der Waals surface area contributed by atoms with Gasteiger partial charge in [0.15, 0.2) is 0 Å². The van der Waals surface area contributed by atoms with Gasteiger partial charge in [0.2, 0.25) is 15.9 Å². The Morgan fingerprint density at radius 3 is 2.61 bits per heavy atom. The van der Waals surface area contributed by atoms with E-state index in [-0.39, 0.29) is 12.5 Å². The molecule has 0 saturated heterocycles. The van der Waals surface area contributed by atoms with Crippen LogP contribution in [0.5, 0.6) is 5.75 Å². The van der Waals surface area contributed by atoms with E-state index in [4.69, 9.17) is 4.74 Å². The SMILES string of the molecule is CCOc1ccccc1CCCNC(=O)CN(c1cccc(Br)c1)S(C)(=O)=O. The Labute approximate surface area is 175 Å². The van der Waals surface area contributed by atoms with E-state index in [0.29, 0.717) is 18.8 Å². The Bertz CT molecular complexity index is 903. The van der Waals surface area contributed by atoms with Crippen molar-refractivity contribution in [3.8, 4) is 5.75 Å². The van der Waals surface area contributed by atoms with Crippen molar-refractivity contribution < 1.29 is 17.9 Å². The fraction of sp³-hybridized carbons (Fsp3) is 0.350. The number of anilines is 1. The molecule has 2 aromatic rings. The minimum atomic E-state index is -3.58. The fourth-order valence-corrected chi connectivity index (χ4v) is 3.97. The first kappa shape index (κ1) is 22.2. The molecule has 8 heteroatoms. The molecule has 2 aromatic carbocycles. The lowest BCUT2D eigenvalue weighted by atomic mass is 10.1. The molecule has 0 radical (unpaired) electrons. The number of carbonyl (C=O) groups is 1. The molecule has 0 aliphatic rings. The lowest BCUT2D eigenvalue weighted by Crippen LogP contribution is -2.40. The molecule has 0 spiro atoms. The zero-order chi connectivity index (χ0) is 20.6. The summed E-state index contributed by atoms with van der Waals surface area (Å²) in [5.41, 5.74) is 1.53. The van der Waals surface area contributed by atoms with Gasteiger partial charge in [-0.1, -0.05) is 40.2 Å². The first-order chi connectivity index (χ1) is 13.3. The quantitative estimate of drug-likeness (QED) is 0.542. The summed E-state index contributed by atoms with van der Waals surface area (Å²) in [4.78, 5) is 12.3. The minimum absolute atomic E-state index is 0.259. The van der Waals surface area contributed by atoms with Gasteiger partial charge in [0, 0.05) is 11.0 Å². The molecule has 28 heavy (non-hydrogen) atoms. The van der Waals surface area contributed by atoms with Crippen LogP contribution in [0.15, 0.2) is 53.0 Å². The number of nitrogens with zero attached hydrogens (tertiary/aromatic N) is 1. The maximum absolute atomic E-state index is 12.3. The van der Waals surface area contributed by atoms with Crippen molar-refractivity contribution in [2.24, 2.45) is 0 Å². The summed E-state index contributed by atoms with van der Waals surface area (Å²) >= 11 is 3.32. The van der Waals surface area contributed by atoms with Crippen molar-refractivity contribution in [2.75, 3.05) is 30.3 Å². The standard InChI is InChI=1S/C20H25BrN2O4S/c1-3-27-19-12-5-4-8-16(19)9-7-13-22-20(24)15-23(28(2,25)26)18-11-6-10-17(21)14-18/h4-6,8,10-12,14H,3,7,9,13,15H2,1-2H3,(H,22,24). The summed E-state index contributed by atoms with van der Waals surface area (Å²) in [6.45, 7) is 2.74. The summed E-state index contributed by atoms with van der Waals surface area (Å²) in [6, 6.07) is 14.7. The number of nitrogens with one attached hydrogen (secondary N) is 1. The Kier molecular flexibility index (Phi) is 8.32. The predicted molar refractivity (Wildman–Crippen MR) is 115 cm³/mol. The van der Waals surface area contributed by atoms with E-state index in [2.05, 4.69) is 21.2 Å². The largest absolute Gasteiger partial charge is 0.494 e. The summed E-state index contributed by atoms with van der Waals surface area (Å²) in [5, 5.41) is 2.79. The molecule has 1 N–H and O–H groups in total. The third-order valence-electron chi connectivity index (χ3n) is 4.00. The van der Waals surface area contributed by atoms with Gasteiger partial charge in [0.25, 0.3) is 0 Å². The maximum Gasteiger partial charge on any atom is 0.240 e. The first-order valence-electron chi connectivity index (χ1n) is 9.02. The summed E-state index contributed by atoms with van der Waals surface area (Å²) in [5.74, 6) is 0.512. The molecular weight excluding hydrogens is 444 g/mol. The molecule has 0 heterocycles. The topological polar surface area (TPSA) is 75.7 Å². The van der Waals surface area contributed by atoms with Gasteiger partial charge in [-0.25, -0.2) is 8.42 Å². The van der Waals surface area contributed by atoms with E-state index < -0.39 is 10.0 Å². The molecule has 0 fully saturated rings. The number of hydrogen-bond acceptors (Lipinski definition) is 4. The highest BCUT2D eigenvalue weighted by atomic mass is 79.9. The second-order valence-electron chi connectivity index (χ2n) is 6.24. The third-order valence-corrected chi connectivity index (χ3v) is 5.64. The summed E-state index contributed by atoms with van der Waals surface area (Å²) in [7, 11) is -3.58. The molecule has 0 aliphatic carbocycles. The molecule has 6 nitrogen and oxygen atoms in total. The van der Waals surface area contributed by atoms with E-state index in [1.54, 1.807) is 24.3 Å². The molecule has 0 unspecified atom stereocenters. The van der Waals surface area contributed by atoms with Crippen LogP contribution in [0.25, 0.3) is 0 Å². The number of rotatable bonds is 10. The van der Waals surface area contributed by atoms with Gasteiger partial charge in [-0.3, -0.25) is 9.10 Å². The lowest BCUT2D eigenvalue weighted by molar-refractivity contribution is -0.119. The van der Waals surface area contributed by atoms with Crippen LogP contribution >= 0.6 is 15.9 Å². The number of benzene rings is 2. The highest BCUT2D eigenvalue weighted by Gasteiger charge is 2.20. The number of ether oxygens (including phenoxy) is 1. The number of aryl methyl sites for hydroxylation is 1. The molecule has 0 aromatic heterocycles. The van der Waals surface area contributed by atoms with Gasteiger partial charge in [0.05, 0.1) is 18.6 Å². The monoisotopic (exact) mass is 468 g/mol. The molecule has 0 saturated carbocycles. The van der Waals surface area contributed by atoms with E-state index in [1.165, 1.54) is 0 Å². The van der Waals surface area contributed by atoms with Crippen LogP contribution in [0.3, 0.4) is 0 Å². The van der Waals surface area contributed by atoms with Crippen LogP contribution in [-0.4, -0.2) is 40.3 Å². The second kappa shape index (κ2) is 10.5. The van der Waals surface area contributed by atoms with Crippen molar-refractivity contribution in [3.63, 3.8) is 0 Å². The van der Waals surface area contributed by atoms with E-state index >= 15 is 0 Å². The van der Waals surface area contributed by atoms with Gasteiger partial charge in [-0.2, -0.15) is 0 Å². The van der Waals surface area contributed by atoms with Gasteiger partial charge >= 0.3 is 0 Å². The number of carbonyl (C=O) groups excluding carboxylic acids is 1. The molecule has 0 aliphatic heterocycles. The van der Waals surface area contributed by atoms with Crippen molar-refractivity contribution in [3.05, 3.63) is 58.6 Å². The van der Waals surface area contributed by atoms with Crippen molar-refractivity contribution >= 4 is 37.5 Å². The molecule has 0 atom stereocenters. The Morgan fingerprint density at radius 1 is 1.18 bits per heavy atom. The number of halogens is 1. The average Bonchev–Trinajstić information content (AvgIpc) is 2.64. The van der Waals surface area contributed by atoms with Gasteiger partial charge < -0.3 is 10.1 Å². The molecule has 0 bridgehead atoms. The molecule has 2 rings (SSSR count). The van der Waals surface area contributed by atoms with Gasteiger partial charge in [-0.05, 0) is 49.6 Å². The number of para-hydroxylation sites is 1. The smallest absolute Gasteiger partial charge is 0.240 e. The highest BCUT2D eigenvalue weighted by Crippen LogP contribution is 2.22. The van der Waals surface area contributed by atoms with Crippen molar-refractivity contribution in [2.45, 2.75) is 19.8 Å². The van der Waals surface area contributed by atoms with Gasteiger partial charge in [0.1, 0.15) is 12.3 Å². The molecule has 1 amide bonds. The number of sulfonamides is 1. The zero-order valence-electron chi connectivity index (χ0n) is 16.0. The van der Waals surface area contributed by atoms with Crippen LogP contribution in [0.4, 0.5) is 5.69 Å².